The SMILES string of the molecule is COC(=O)[C@@H]1CCCN1C(=O)[C@H](O)[C@@H](Nc1ccc(Br)cc1)c1ccccc1. The molecule has 0 bridgehead atoms. The Hall–Kier alpha value is -2.38. The second-order valence-corrected chi connectivity index (χ2v) is 7.61. The first-order valence-corrected chi connectivity index (χ1v) is 9.94. The smallest absolute Gasteiger partial charge is 0.328 e. The highest BCUT2D eigenvalue weighted by Gasteiger charge is 2.40. The van der Waals surface area contributed by atoms with Crippen LogP contribution in [0.4, 0.5) is 5.69 Å². The molecule has 0 spiro atoms. The van der Waals surface area contributed by atoms with Crippen LogP contribution in [0.5, 0.6) is 0 Å². The molecule has 0 saturated carbocycles. The summed E-state index contributed by atoms with van der Waals surface area (Å²) in [7, 11) is 1.31. The Morgan fingerprint density at radius 2 is 1.86 bits per heavy atom. The number of likely N-dealkylation sites (tertiary alicyclic amines) is 1. The summed E-state index contributed by atoms with van der Waals surface area (Å²) < 4.78 is 5.75. The number of esters is 1. The van der Waals surface area contributed by atoms with E-state index in [1.807, 2.05) is 54.6 Å². The van der Waals surface area contributed by atoms with E-state index in [1.54, 1.807) is 0 Å². The van der Waals surface area contributed by atoms with E-state index in [1.165, 1.54) is 12.0 Å². The second kappa shape index (κ2) is 9.21. The van der Waals surface area contributed by atoms with E-state index in [0.717, 1.165) is 15.7 Å². The number of anilines is 1. The predicted molar refractivity (Wildman–Crippen MR) is 110 cm³/mol. The average Bonchev–Trinajstić information content (AvgIpc) is 3.22. The fraction of sp³-hybridized carbons (Fsp3) is 0.333. The number of hydrogen-bond donors (Lipinski definition) is 2. The van der Waals surface area contributed by atoms with Crippen molar-refractivity contribution in [1.29, 1.82) is 0 Å². The number of nitrogens with one attached hydrogen (secondary N) is 1. The number of nitrogens with zero attached hydrogens (tertiary/aromatic N) is 1. The molecule has 2 N–H and O–H groups in total. The van der Waals surface area contributed by atoms with Gasteiger partial charge in [-0.1, -0.05) is 46.3 Å². The van der Waals surface area contributed by atoms with Crippen LogP contribution in [0.25, 0.3) is 0 Å². The van der Waals surface area contributed by atoms with Crippen molar-refractivity contribution in [3.63, 3.8) is 0 Å². The lowest BCUT2D eigenvalue weighted by Crippen LogP contribution is -2.48. The van der Waals surface area contributed by atoms with E-state index < -0.39 is 30.1 Å². The van der Waals surface area contributed by atoms with E-state index in [2.05, 4.69) is 21.2 Å². The van der Waals surface area contributed by atoms with E-state index in [-0.39, 0.29) is 0 Å². The van der Waals surface area contributed by atoms with Crippen LogP contribution in [-0.2, 0) is 14.3 Å². The normalized spacial score (nSPS) is 18.4. The minimum absolute atomic E-state index is 0.426. The van der Waals surface area contributed by atoms with Crippen molar-refractivity contribution in [2.75, 3.05) is 19.0 Å². The van der Waals surface area contributed by atoms with Crippen molar-refractivity contribution in [1.82, 2.24) is 4.90 Å². The third-order valence-corrected chi connectivity index (χ3v) is 5.43. The Bertz CT molecular complexity index is 813. The Morgan fingerprint density at radius 1 is 1.18 bits per heavy atom. The van der Waals surface area contributed by atoms with Gasteiger partial charge in [0.1, 0.15) is 6.04 Å². The van der Waals surface area contributed by atoms with Crippen LogP contribution in [0.2, 0.25) is 0 Å². The standard InChI is InChI=1S/C21H23BrN2O4/c1-28-21(27)17-8-5-13-24(17)20(26)19(25)18(14-6-3-2-4-7-14)23-16-11-9-15(22)10-12-16/h2-4,6-7,9-12,17-19,23,25H,5,8,13H2,1H3/t17-,18-,19+/m0/s1. The van der Waals surface area contributed by atoms with Gasteiger partial charge < -0.3 is 20.1 Å². The molecule has 0 unspecified atom stereocenters. The Labute approximate surface area is 172 Å². The van der Waals surface area contributed by atoms with Crippen molar-refractivity contribution in [3.8, 4) is 0 Å². The van der Waals surface area contributed by atoms with Crippen LogP contribution in [-0.4, -0.2) is 47.7 Å². The molecule has 1 aliphatic rings. The first-order chi connectivity index (χ1) is 13.5. The van der Waals surface area contributed by atoms with Crippen molar-refractivity contribution < 1.29 is 19.4 Å². The zero-order chi connectivity index (χ0) is 20.1. The highest BCUT2D eigenvalue weighted by atomic mass is 79.9. The highest BCUT2D eigenvalue weighted by molar-refractivity contribution is 9.10. The minimum atomic E-state index is -1.35. The summed E-state index contributed by atoms with van der Waals surface area (Å²) in [6.07, 6.45) is -0.105. The summed E-state index contributed by atoms with van der Waals surface area (Å²) in [5.74, 6) is -0.929. The molecule has 1 fully saturated rings. The number of benzene rings is 2. The Kier molecular flexibility index (Phi) is 6.70. The van der Waals surface area contributed by atoms with Crippen molar-refractivity contribution in [2.45, 2.75) is 31.0 Å². The maximum atomic E-state index is 13.1. The van der Waals surface area contributed by atoms with Crippen LogP contribution >= 0.6 is 15.9 Å². The van der Waals surface area contributed by atoms with Crippen LogP contribution < -0.4 is 5.32 Å². The summed E-state index contributed by atoms with van der Waals surface area (Å²) in [4.78, 5) is 26.5. The zero-order valence-corrected chi connectivity index (χ0v) is 17.1. The predicted octanol–water partition coefficient (Wildman–Crippen LogP) is 3.13. The lowest BCUT2D eigenvalue weighted by molar-refractivity contribution is -0.154. The third-order valence-electron chi connectivity index (χ3n) is 4.90. The van der Waals surface area contributed by atoms with Gasteiger partial charge in [0.25, 0.3) is 5.91 Å². The molecule has 6 nitrogen and oxygen atoms in total. The summed E-state index contributed by atoms with van der Waals surface area (Å²) in [5, 5.41) is 14.2. The quantitative estimate of drug-likeness (QED) is 0.666. The van der Waals surface area contributed by atoms with Crippen LogP contribution in [0, 0.1) is 0 Å². The fourth-order valence-corrected chi connectivity index (χ4v) is 3.72. The van der Waals surface area contributed by atoms with E-state index in [4.69, 9.17) is 4.74 Å². The number of carbonyl (C=O) groups excluding carboxylic acids is 2. The molecule has 148 valence electrons. The number of amides is 1. The van der Waals surface area contributed by atoms with Gasteiger partial charge in [-0.05, 0) is 42.7 Å². The number of ether oxygens (including phenoxy) is 1. The molecule has 1 amide bonds. The lowest BCUT2D eigenvalue weighted by Gasteiger charge is -2.30. The van der Waals surface area contributed by atoms with E-state index in [9.17, 15) is 14.7 Å². The van der Waals surface area contributed by atoms with Gasteiger partial charge in [-0.25, -0.2) is 4.79 Å². The van der Waals surface area contributed by atoms with Crippen molar-refractivity contribution in [2.24, 2.45) is 0 Å². The molecule has 1 heterocycles. The molecule has 3 atom stereocenters. The molecule has 2 aromatic carbocycles. The van der Waals surface area contributed by atoms with Gasteiger partial charge in [-0.15, -0.1) is 0 Å². The monoisotopic (exact) mass is 446 g/mol. The van der Waals surface area contributed by atoms with Gasteiger partial charge >= 0.3 is 5.97 Å². The maximum absolute atomic E-state index is 13.1. The number of aliphatic hydroxyl groups is 1. The van der Waals surface area contributed by atoms with Crippen LogP contribution in [0.1, 0.15) is 24.4 Å². The van der Waals surface area contributed by atoms with Crippen LogP contribution in [0.15, 0.2) is 59.1 Å². The number of hydrogen-bond acceptors (Lipinski definition) is 5. The zero-order valence-electron chi connectivity index (χ0n) is 15.5. The molecule has 2 aromatic rings. The summed E-state index contributed by atoms with van der Waals surface area (Å²) in [6.45, 7) is 0.426. The van der Waals surface area contributed by atoms with Crippen LogP contribution in [0.3, 0.4) is 0 Å². The molecule has 0 aromatic heterocycles. The number of carbonyl (C=O) groups is 2. The van der Waals surface area contributed by atoms with Gasteiger partial charge in [-0.3, -0.25) is 4.79 Å². The van der Waals surface area contributed by atoms with Crippen molar-refractivity contribution >= 4 is 33.5 Å². The van der Waals surface area contributed by atoms with Gasteiger partial charge in [0.05, 0.1) is 13.2 Å². The Balaban J connectivity index is 1.85. The average molecular weight is 447 g/mol. The fourth-order valence-electron chi connectivity index (χ4n) is 3.45. The van der Waals surface area contributed by atoms with E-state index >= 15 is 0 Å². The molecule has 28 heavy (non-hydrogen) atoms. The largest absolute Gasteiger partial charge is 0.467 e. The molecule has 1 saturated heterocycles. The van der Waals surface area contributed by atoms with E-state index in [0.29, 0.717) is 19.4 Å². The lowest BCUT2D eigenvalue weighted by atomic mass is 9.99. The summed E-state index contributed by atoms with van der Waals surface area (Å²) in [6, 6.07) is 15.5. The first-order valence-electron chi connectivity index (χ1n) is 9.14. The Morgan fingerprint density at radius 3 is 2.50 bits per heavy atom. The third kappa shape index (κ3) is 4.54. The molecule has 0 radical (unpaired) electrons. The first kappa shape index (κ1) is 20.4. The second-order valence-electron chi connectivity index (χ2n) is 6.70. The van der Waals surface area contributed by atoms with Gasteiger partial charge in [0, 0.05) is 16.7 Å². The topological polar surface area (TPSA) is 78.9 Å². The molecule has 0 aliphatic carbocycles. The molecule has 3 rings (SSSR count). The minimum Gasteiger partial charge on any atom is -0.467 e. The number of rotatable bonds is 6. The van der Waals surface area contributed by atoms with Gasteiger partial charge in [0.15, 0.2) is 6.10 Å². The summed E-state index contributed by atoms with van der Waals surface area (Å²) >= 11 is 3.40. The number of methoxy groups -OCH3 is 1. The molecule has 1 aliphatic heterocycles. The molecular weight excluding hydrogens is 424 g/mol. The number of aliphatic hydroxyl groups excluding tert-OH is 1. The summed E-state index contributed by atoms with van der Waals surface area (Å²) in [5.41, 5.74) is 1.55. The molecule has 7 heteroatoms. The number of halogens is 1. The van der Waals surface area contributed by atoms with Gasteiger partial charge in [-0.2, -0.15) is 0 Å². The molecular formula is C21H23BrN2O4. The maximum Gasteiger partial charge on any atom is 0.328 e. The van der Waals surface area contributed by atoms with Crippen molar-refractivity contribution in [3.05, 3.63) is 64.6 Å². The van der Waals surface area contributed by atoms with Gasteiger partial charge in [0.2, 0.25) is 0 Å². The highest BCUT2D eigenvalue weighted by Crippen LogP contribution is 2.27.